The minimum absolute atomic E-state index is 0.194. The molecule has 0 rings (SSSR count). The first-order chi connectivity index (χ1) is 5.37. The molecule has 0 aromatic rings. The third kappa shape index (κ3) is 5.47. The van der Waals surface area contributed by atoms with Gasteiger partial charge >= 0.3 is 5.30 Å². The van der Waals surface area contributed by atoms with Gasteiger partial charge < -0.3 is 4.74 Å². The average molecular weight is 190 g/mol. The second-order valence-electron chi connectivity index (χ2n) is 3.91. The van der Waals surface area contributed by atoms with Gasteiger partial charge in [-0.3, -0.25) is 0 Å². The minimum Gasteiger partial charge on any atom is -0.452 e. The summed E-state index contributed by atoms with van der Waals surface area (Å²) in [5.41, 5.74) is -0.325. The first kappa shape index (κ1) is 11.8. The fraction of sp³-hybridized carbons (Fsp3) is 0.889. The van der Waals surface area contributed by atoms with Crippen LogP contribution in [0.3, 0.4) is 0 Å². The zero-order valence-electron chi connectivity index (χ0n) is 8.51. The van der Waals surface area contributed by atoms with Gasteiger partial charge in [0.1, 0.15) is 5.60 Å². The second kappa shape index (κ2) is 4.75. The van der Waals surface area contributed by atoms with Crippen molar-refractivity contribution in [2.24, 2.45) is 5.92 Å². The number of carbonyl (C=O) groups is 1. The first-order valence-electron chi connectivity index (χ1n) is 4.14. The molecule has 0 heterocycles. The van der Waals surface area contributed by atoms with Crippen molar-refractivity contribution in [2.75, 3.05) is 6.26 Å². The molecule has 0 amide bonds. The largest absolute Gasteiger partial charge is 0.452 e. The molecule has 0 atom stereocenters. The molecule has 0 spiro atoms. The van der Waals surface area contributed by atoms with Crippen molar-refractivity contribution < 1.29 is 9.53 Å². The van der Waals surface area contributed by atoms with Gasteiger partial charge in [0.25, 0.3) is 0 Å². The smallest absolute Gasteiger partial charge is 0.367 e. The van der Waals surface area contributed by atoms with Crippen molar-refractivity contribution in [2.45, 2.75) is 39.7 Å². The molecule has 0 bridgehead atoms. The molecular weight excluding hydrogens is 172 g/mol. The molecule has 72 valence electrons. The maximum atomic E-state index is 10.9. The Bertz CT molecular complexity index is 153. The van der Waals surface area contributed by atoms with E-state index in [9.17, 15) is 4.79 Å². The van der Waals surface area contributed by atoms with Gasteiger partial charge in [-0.2, -0.15) is 0 Å². The summed E-state index contributed by atoms with van der Waals surface area (Å²) in [4.78, 5) is 10.9. The normalized spacial score (nSPS) is 11.8. The Morgan fingerprint density at radius 3 is 2.33 bits per heavy atom. The summed E-state index contributed by atoms with van der Waals surface area (Å²) in [6.45, 7) is 8.13. The number of hydrogen-bond donors (Lipinski definition) is 0. The molecule has 3 heteroatoms. The van der Waals surface area contributed by atoms with E-state index < -0.39 is 0 Å². The number of thioether (sulfide) groups is 1. The van der Waals surface area contributed by atoms with Gasteiger partial charge in [-0.1, -0.05) is 13.8 Å². The highest BCUT2D eigenvalue weighted by atomic mass is 32.2. The van der Waals surface area contributed by atoms with Gasteiger partial charge in [-0.05, 0) is 44.2 Å². The highest BCUT2D eigenvalue weighted by Gasteiger charge is 2.23. The van der Waals surface area contributed by atoms with E-state index in [1.807, 2.05) is 13.8 Å². The van der Waals surface area contributed by atoms with E-state index in [4.69, 9.17) is 4.74 Å². The van der Waals surface area contributed by atoms with Gasteiger partial charge in [-0.25, -0.2) is 4.79 Å². The molecule has 0 saturated carbocycles. The van der Waals surface area contributed by atoms with Crippen LogP contribution in [-0.4, -0.2) is 17.2 Å². The van der Waals surface area contributed by atoms with E-state index >= 15 is 0 Å². The molecule has 0 unspecified atom stereocenters. The molecule has 0 N–H and O–H groups in total. The summed E-state index contributed by atoms with van der Waals surface area (Å²) in [5, 5.41) is -0.194. The molecule has 0 aliphatic heterocycles. The van der Waals surface area contributed by atoms with E-state index in [1.54, 1.807) is 6.26 Å². The van der Waals surface area contributed by atoms with Crippen LogP contribution in [0.4, 0.5) is 4.79 Å². The van der Waals surface area contributed by atoms with Crippen LogP contribution in [0.25, 0.3) is 0 Å². The first-order valence-corrected chi connectivity index (χ1v) is 5.37. The summed E-state index contributed by atoms with van der Waals surface area (Å²) >= 11 is 1.12. The number of hydrogen-bond acceptors (Lipinski definition) is 3. The third-order valence-electron chi connectivity index (χ3n) is 1.43. The standard InChI is InChI=1S/C9H18O2S/c1-7(2)6-9(3,4)11-8(10)12-5/h7H,6H2,1-5H3. The lowest BCUT2D eigenvalue weighted by Gasteiger charge is -2.26. The van der Waals surface area contributed by atoms with Crippen LogP contribution in [0.2, 0.25) is 0 Å². The minimum atomic E-state index is -0.325. The Labute approximate surface area is 79.1 Å². The molecule has 0 aromatic carbocycles. The van der Waals surface area contributed by atoms with E-state index in [0.717, 1.165) is 18.2 Å². The predicted molar refractivity (Wildman–Crippen MR) is 53.5 cm³/mol. The van der Waals surface area contributed by atoms with Crippen molar-refractivity contribution >= 4 is 17.1 Å². The topological polar surface area (TPSA) is 26.3 Å². The van der Waals surface area contributed by atoms with E-state index in [-0.39, 0.29) is 10.9 Å². The molecule has 0 saturated heterocycles. The lowest BCUT2D eigenvalue weighted by atomic mass is 9.96. The summed E-state index contributed by atoms with van der Waals surface area (Å²) in [6.07, 6.45) is 2.63. The van der Waals surface area contributed by atoms with Gasteiger partial charge in [0, 0.05) is 0 Å². The van der Waals surface area contributed by atoms with Crippen LogP contribution in [0.15, 0.2) is 0 Å². The Hall–Kier alpha value is -0.180. The van der Waals surface area contributed by atoms with Gasteiger partial charge in [0.2, 0.25) is 0 Å². The SMILES string of the molecule is CSC(=O)OC(C)(C)CC(C)C. The molecule has 0 aliphatic carbocycles. The van der Waals surface area contributed by atoms with Crippen LogP contribution in [-0.2, 0) is 4.74 Å². The summed E-state index contributed by atoms with van der Waals surface area (Å²) < 4.78 is 5.22. The van der Waals surface area contributed by atoms with Crippen molar-refractivity contribution in [3.8, 4) is 0 Å². The van der Waals surface area contributed by atoms with Crippen LogP contribution in [0.5, 0.6) is 0 Å². The summed E-state index contributed by atoms with van der Waals surface area (Å²) in [6, 6.07) is 0. The fourth-order valence-corrected chi connectivity index (χ4v) is 1.60. The van der Waals surface area contributed by atoms with Crippen molar-refractivity contribution in [1.29, 1.82) is 0 Å². The van der Waals surface area contributed by atoms with Crippen molar-refractivity contribution in [3.05, 3.63) is 0 Å². The molecule has 0 aliphatic rings. The number of carbonyl (C=O) groups excluding carboxylic acids is 1. The maximum absolute atomic E-state index is 10.9. The highest BCUT2D eigenvalue weighted by Crippen LogP contribution is 2.22. The Balaban J connectivity index is 3.94. The van der Waals surface area contributed by atoms with E-state index in [0.29, 0.717) is 5.92 Å². The molecular formula is C9H18O2S. The lowest BCUT2D eigenvalue weighted by Crippen LogP contribution is -2.28. The van der Waals surface area contributed by atoms with E-state index in [1.165, 1.54) is 0 Å². The summed E-state index contributed by atoms with van der Waals surface area (Å²) in [7, 11) is 0. The van der Waals surface area contributed by atoms with Crippen LogP contribution >= 0.6 is 11.8 Å². The maximum Gasteiger partial charge on any atom is 0.367 e. The molecule has 0 fully saturated rings. The zero-order valence-corrected chi connectivity index (χ0v) is 9.33. The fourth-order valence-electron chi connectivity index (χ4n) is 1.29. The molecule has 2 nitrogen and oxygen atoms in total. The third-order valence-corrected chi connectivity index (χ3v) is 1.84. The highest BCUT2D eigenvalue weighted by molar-refractivity contribution is 8.12. The van der Waals surface area contributed by atoms with Crippen molar-refractivity contribution in [3.63, 3.8) is 0 Å². The summed E-state index contributed by atoms with van der Waals surface area (Å²) in [5.74, 6) is 0.551. The second-order valence-corrected chi connectivity index (χ2v) is 4.66. The van der Waals surface area contributed by atoms with Crippen molar-refractivity contribution in [1.82, 2.24) is 0 Å². The van der Waals surface area contributed by atoms with Crippen LogP contribution in [0, 0.1) is 5.92 Å². The molecule has 0 radical (unpaired) electrons. The van der Waals surface area contributed by atoms with Crippen LogP contribution in [0.1, 0.15) is 34.1 Å². The van der Waals surface area contributed by atoms with Gasteiger partial charge in [0.05, 0.1) is 0 Å². The van der Waals surface area contributed by atoms with E-state index in [2.05, 4.69) is 13.8 Å². The Morgan fingerprint density at radius 1 is 1.50 bits per heavy atom. The number of ether oxygens (including phenoxy) is 1. The molecule has 12 heavy (non-hydrogen) atoms. The van der Waals surface area contributed by atoms with Gasteiger partial charge in [-0.15, -0.1) is 0 Å². The predicted octanol–water partition coefficient (Wildman–Crippen LogP) is 3.31. The van der Waals surface area contributed by atoms with Gasteiger partial charge in [0.15, 0.2) is 0 Å². The quantitative estimate of drug-likeness (QED) is 0.639. The number of rotatable bonds is 3. The molecule has 0 aromatic heterocycles. The zero-order chi connectivity index (χ0) is 9.78. The Morgan fingerprint density at radius 2 is 2.00 bits per heavy atom. The van der Waals surface area contributed by atoms with Crippen LogP contribution < -0.4 is 0 Å². The average Bonchev–Trinajstić information content (AvgIpc) is 1.83. The Kier molecular flexibility index (Phi) is 4.68. The lowest BCUT2D eigenvalue weighted by molar-refractivity contribution is 0.0418. The monoisotopic (exact) mass is 190 g/mol.